The first-order valence-electron chi connectivity index (χ1n) is 7.56. The predicted molar refractivity (Wildman–Crippen MR) is 93.6 cm³/mol. The molecule has 0 atom stereocenters. The Morgan fingerprint density at radius 3 is 2.50 bits per heavy atom. The van der Waals surface area contributed by atoms with Crippen molar-refractivity contribution >= 4 is 39.3 Å². The zero-order valence-electron chi connectivity index (χ0n) is 13.5. The monoisotopic (exact) mass is 400 g/mol. The number of nitrogens with one attached hydrogen (secondary N) is 4. The molecule has 0 unspecified atom stereocenters. The lowest BCUT2D eigenvalue weighted by Crippen LogP contribution is -2.49. The second-order valence-electron chi connectivity index (χ2n) is 5.44. The SMILES string of the molecule is C=CCNS(=O)(=O)c1cc(C(=O)NNC(=O)C(=O)NC2CC2)ccc1Cl. The Labute approximate surface area is 155 Å². The molecule has 1 aromatic rings. The van der Waals surface area contributed by atoms with Crippen molar-refractivity contribution in [2.24, 2.45) is 0 Å². The van der Waals surface area contributed by atoms with Crippen molar-refractivity contribution in [3.05, 3.63) is 41.4 Å². The fourth-order valence-electron chi connectivity index (χ4n) is 1.82. The molecule has 1 aliphatic carbocycles. The minimum Gasteiger partial charge on any atom is -0.345 e. The van der Waals surface area contributed by atoms with E-state index in [1.807, 2.05) is 10.9 Å². The van der Waals surface area contributed by atoms with E-state index in [9.17, 15) is 22.8 Å². The molecular weight excluding hydrogens is 384 g/mol. The van der Waals surface area contributed by atoms with Crippen molar-refractivity contribution in [3.63, 3.8) is 0 Å². The Hall–Kier alpha value is -2.43. The minimum absolute atomic E-state index is 0.00366. The number of halogens is 1. The molecule has 0 heterocycles. The van der Waals surface area contributed by atoms with Crippen LogP contribution in [0, 0.1) is 0 Å². The molecular formula is C15H17ClN4O5S. The summed E-state index contributed by atoms with van der Waals surface area (Å²) in [5, 5.41) is 2.38. The Morgan fingerprint density at radius 2 is 1.88 bits per heavy atom. The highest BCUT2D eigenvalue weighted by atomic mass is 35.5. The van der Waals surface area contributed by atoms with Gasteiger partial charge < -0.3 is 5.32 Å². The number of carbonyl (C=O) groups is 3. The summed E-state index contributed by atoms with van der Waals surface area (Å²) < 4.78 is 26.5. The average molecular weight is 401 g/mol. The normalized spacial score (nSPS) is 13.6. The summed E-state index contributed by atoms with van der Waals surface area (Å²) in [6.07, 6.45) is 2.98. The van der Waals surface area contributed by atoms with Crippen molar-refractivity contribution in [2.45, 2.75) is 23.8 Å². The third-order valence-corrected chi connectivity index (χ3v) is 5.21. The van der Waals surface area contributed by atoms with Crippen LogP contribution >= 0.6 is 11.6 Å². The molecule has 0 aromatic heterocycles. The van der Waals surface area contributed by atoms with Crippen molar-refractivity contribution in [3.8, 4) is 0 Å². The molecule has 140 valence electrons. The zero-order valence-corrected chi connectivity index (χ0v) is 15.1. The first-order chi connectivity index (χ1) is 12.2. The maximum absolute atomic E-state index is 12.2. The van der Waals surface area contributed by atoms with E-state index >= 15 is 0 Å². The molecule has 1 aromatic carbocycles. The molecule has 1 fully saturated rings. The van der Waals surface area contributed by atoms with Crippen LogP contribution in [0.15, 0.2) is 35.7 Å². The number of hydrogen-bond acceptors (Lipinski definition) is 5. The number of amides is 3. The summed E-state index contributed by atoms with van der Waals surface area (Å²) in [4.78, 5) is 34.8. The van der Waals surface area contributed by atoms with Gasteiger partial charge in [-0.05, 0) is 31.0 Å². The molecule has 0 bridgehead atoms. The van der Waals surface area contributed by atoms with E-state index in [4.69, 9.17) is 11.6 Å². The van der Waals surface area contributed by atoms with Crippen LogP contribution in [0.2, 0.25) is 5.02 Å². The number of hydrazine groups is 1. The van der Waals surface area contributed by atoms with Crippen LogP contribution in [-0.2, 0) is 19.6 Å². The van der Waals surface area contributed by atoms with Crippen LogP contribution in [0.5, 0.6) is 0 Å². The fraction of sp³-hybridized carbons (Fsp3) is 0.267. The first kappa shape index (κ1) is 19.9. The molecule has 0 saturated heterocycles. The van der Waals surface area contributed by atoms with Gasteiger partial charge in [0.1, 0.15) is 4.90 Å². The summed E-state index contributed by atoms with van der Waals surface area (Å²) in [6, 6.07) is 3.57. The Balaban J connectivity index is 2.04. The van der Waals surface area contributed by atoms with E-state index < -0.39 is 27.7 Å². The molecule has 1 saturated carbocycles. The third kappa shape index (κ3) is 5.28. The second kappa shape index (κ2) is 8.30. The molecule has 0 radical (unpaired) electrons. The van der Waals surface area contributed by atoms with Crippen molar-refractivity contribution in [1.82, 2.24) is 20.9 Å². The minimum atomic E-state index is -3.95. The quantitative estimate of drug-likeness (QED) is 0.299. The molecule has 3 amide bonds. The van der Waals surface area contributed by atoms with Crippen molar-refractivity contribution < 1.29 is 22.8 Å². The standard InChI is InChI=1S/C15H17ClN4O5S/c1-2-7-17-26(24,25)12-8-9(3-6-11(12)16)13(21)19-20-15(23)14(22)18-10-4-5-10/h2-3,6,8,10,17H,1,4-5,7H2,(H,18,22)(H,19,21)(H,20,23). The Morgan fingerprint density at radius 1 is 1.19 bits per heavy atom. The van der Waals surface area contributed by atoms with Gasteiger partial charge in [-0.15, -0.1) is 6.58 Å². The Bertz CT molecular complexity index is 852. The zero-order chi connectivity index (χ0) is 19.3. The van der Waals surface area contributed by atoms with Gasteiger partial charge in [-0.2, -0.15) is 0 Å². The van der Waals surface area contributed by atoms with E-state index in [0.29, 0.717) is 0 Å². The van der Waals surface area contributed by atoms with Gasteiger partial charge in [0.15, 0.2) is 0 Å². The molecule has 0 spiro atoms. The number of rotatable bonds is 6. The number of sulfonamides is 1. The largest absolute Gasteiger partial charge is 0.345 e. The highest BCUT2D eigenvalue weighted by molar-refractivity contribution is 7.89. The van der Waals surface area contributed by atoms with E-state index in [2.05, 4.69) is 16.6 Å². The van der Waals surface area contributed by atoms with E-state index in [1.54, 1.807) is 0 Å². The van der Waals surface area contributed by atoms with E-state index in [-0.39, 0.29) is 28.1 Å². The van der Waals surface area contributed by atoms with Gasteiger partial charge in [0, 0.05) is 18.2 Å². The highest BCUT2D eigenvalue weighted by Crippen LogP contribution is 2.22. The number of hydrogen-bond donors (Lipinski definition) is 4. The first-order valence-corrected chi connectivity index (χ1v) is 9.42. The van der Waals surface area contributed by atoms with Gasteiger partial charge in [-0.1, -0.05) is 17.7 Å². The lowest BCUT2D eigenvalue weighted by molar-refractivity contribution is -0.139. The average Bonchev–Trinajstić information content (AvgIpc) is 3.41. The van der Waals surface area contributed by atoms with Gasteiger partial charge in [0.05, 0.1) is 5.02 Å². The van der Waals surface area contributed by atoms with Crippen LogP contribution in [0.3, 0.4) is 0 Å². The molecule has 1 aliphatic rings. The maximum Gasteiger partial charge on any atom is 0.327 e. The maximum atomic E-state index is 12.2. The summed E-state index contributed by atoms with van der Waals surface area (Å²) >= 11 is 5.89. The molecule has 9 nitrogen and oxygen atoms in total. The van der Waals surface area contributed by atoms with Gasteiger partial charge in [0.25, 0.3) is 5.91 Å². The lowest BCUT2D eigenvalue weighted by Gasteiger charge is -2.10. The van der Waals surface area contributed by atoms with E-state index in [1.165, 1.54) is 18.2 Å². The summed E-state index contributed by atoms with van der Waals surface area (Å²) in [6.45, 7) is 3.39. The number of carbonyl (C=O) groups excluding carboxylic acids is 3. The predicted octanol–water partition coefficient (Wildman–Crippen LogP) is -0.156. The third-order valence-electron chi connectivity index (χ3n) is 3.31. The lowest BCUT2D eigenvalue weighted by atomic mass is 10.2. The molecule has 0 aliphatic heterocycles. The Kier molecular flexibility index (Phi) is 6.35. The van der Waals surface area contributed by atoms with E-state index in [0.717, 1.165) is 18.9 Å². The van der Waals surface area contributed by atoms with Crippen molar-refractivity contribution in [2.75, 3.05) is 6.54 Å². The molecule has 2 rings (SSSR count). The second-order valence-corrected chi connectivity index (χ2v) is 7.58. The van der Waals surface area contributed by atoms with Crippen molar-refractivity contribution in [1.29, 1.82) is 0 Å². The van der Waals surface area contributed by atoms with Crippen LogP contribution in [0.4, 0.5) is 0 Å². The summed E-state index contributed by atoms with van der Waals surface area (Å²) in [5.41, 5.74) is 3.93. The summed E-state index contributed by atoms with van der Waals surface area (Å²) in [7, 11) is -3.95. The molecule has 26 heavy (non-hydrogen) atoms. The van der Waals surface area contributed by atoms with Crippen LogP contribution < -0.4 is 20.9 Å². The van der Waals surface area contributed by atoms with Crippen LogP contribution in [-0.4, -0.2) is 38.7 Å². The van der Waals surface area contributed by atoms with Gasteiger partial charge in [-0.3, -0.25) is 25.2 Å². The summed E-state index contributed by atoms with van der Waals surface area (Å²) in [5.74, 6) is -2.70. The van der Waals surface area contributed by atoms with Crippen LogP contribution in [0.25, 0.3) is 0 Å². The smallest absolute Gasteiger partial charge is 0.327 e. The fourth-order valence-corrected chi connectivity index (χ4v) is 3.34. The highest BCUT2D eigenvalue weighted by Gasteiger charge is 2.26. The van der Waals surface area contributed by atoms with Gasteiger partial charge >= 0.3 is 11.8 Å². The van der Waals surface area contributed by atoms with Gasteiger partial charge in [0.2, 0.25) is 10.0 Å². The van der Waals surface area contributed by atoms with Crippen LogP contribution in [0.1, 0.15) is 23.2 Å². The molecule has 11 heteroatoms. The topological polar surface area (TPSA) is 133 Å². The molecule has 4 N–H and O–H groups in total. The number of benzene rings is 1. The van der Waals surface area contributed by atoms with Gasteiger partial charge in [-0.25, -0.2) is 13.1 Å².